The zero-order chi connectivity index (χ0) is 9.61. The fourth-order valence-electron chi connectivity index (χ4n) is 0.614. The van der Waals surface area contributed by atoms with Gasteiger partial charge in [0.2, 0.25) is 0 Å². The smallest absolute Gasteiger partial charge is 0.422 e. The third-order valence-electron chi connectivity index (χ3n) is 1.17. The van der Waals surface area contributed by atoms with Crippen molar-refractivity contribution in [1.29, 1.82) is 0 Å². The van der Waals surface area contributed by atoms with E-state index in [0.29, 0.717) is 0 Å². The maximum absolute atomic E-state index is 12.3. The quantitative estimate of drug-likeness (QED) is 0.220. The first-order chi connectivity index (χ1) is 5.45. The highest BCUT2D eigenvalue weighted by molar-refractivity contribution is 6.64. The van der Waals surface area contributed by atoms with Gasteiger partial charge in [-0.3, -0.25) is 8.22 Å². The molecule has 5 heteroatoms. The van der Waals surface area contributed by atoms with Gasteiger partial charge in [-0.1, -0.05) is 6.58 Å². The Morgan fingerprint density at radius 3 is 2.67 bits per heavy atom. The summed E-state index contributed by atoms with van der Waals surface area (Å²) >= 11 is 0. The summed E-state index contributed by atoms with van der Waals surface area (Å²) < 4.78 is 29.1. The molecule has 0 aromatic carbocycles. The zero-order valence-electron chi connectivity index (χ0n) is 6.98. The minimum Gasteiger partial charge on any atom is -0.463 e. The monoisotopic (exact) mass is 194 g/mol. The van der Waals surface area contributed by atoms with Crippen molar-refractivity contribution < 1.29 is 17.7 Å². The van der Waals surface area contributed by atoms with E-state index in [1.165, 1.54) is 0 Å². The molecule has 0 amide bonds. The van der Waals surface area contributed by atoms with Crippen molar-refractivity contribution in [3.05, 3.63) is 12.7 Å². The van der Waals surface area contributed by atoms with E-state index in [1.54, 1.807) is 0 Å². The van der Waals surface area contributed by atoms with E-state index in [0.717, 1.165) is 12.6 Å². The first-order valence-corrected chi connectivity index (χ1v) is 6.09. The molecule has 12 heavy (non-hydrogen) atoms. The highest BCUT2D eigenvalue weighted by atomic mass is 28.4. The Balaban J connectivity index is 3.34. The van der Waals surface area contributed by atoms with Crippen LogP contribution in [-0.4, -0.2) is 21.3 Å². The second kappa shape index (κ2) is 5.03. The highest BCUT2D eigenvalue weighted by Gasteiger charge is 2.26. The number of rotatable bonds is 5. The Kier molecular flexibility index (Phi) is 4.73. The molecule has 0 aliphatic rings. The molecule has 0 atom stereocenters. The van der Waals surface area contributed by atoms with Gasteiger partial charge in [0.05, 0.1) is 6.61 Å². The van der Waals surface area contributed by atoms with Crippen LogP contribution in [0.5, 0.6) is 0 Å². The maximum Gasteiger partial charge on any atom is 0.422 e. The molecule has 0 N–H and O–H groups in total. The molecule has 0 heterocycles. The molecule has 0 aliphatic carbocycles. The van der Waals surface area contributed by atoms with Crippen molar-refractivity contribution in [2.24, 2.45) is 0 Å². The number of hydrogen-bond acceptors (Lipinski definition) is 2. The van der Waals surface area contributed by atoms with Crippen molar-refractivity contribution in [3.63, 3.8) is 0 Å². The largest absolute Gasteiger partial charge is 0.463 e. The molecule has 70 valence electrons. The van der Waals surface area contributed by atoms with Gasteiger partial charge in [-0.2, -0.15) is 0 Å². The average molecular weight is 194 g/mol. The number of ether oxygens (including phenoxy) is 1. The zero-order valence-corrected chi connectivity index (χ0v) is 7.98. The van der Waals surface area contributed by atoms with E-state index in [2.05, 4.69) is 11.3 Å². The molecule has 0 spiro atoms. The van der Waals surface area contributed by atoms with Gasteiger partial charge in [0.1, 0.15) is 0 Å². The van der Waals surface area contributed by atoms with Crippen LogP contribution in [0, 0.1) is 0 Å². The molecule has 0 unspecified atom stereocenters. The van der Waals surface area contributed by atoms with Gasteiger partial charge in [0.25, 0.3) is 0 Å². The van der Waals surface area contributed by atoms with Gasteiger partial charge < -0.3 is 4.74 Å². The van der Waals surface area contributed by atoms with Crippen molar-refractivity contribution in [3.8, 4) is 0 Å². The molecule has 0 aromatic rings. The summed E-state index contributed by atoms with van der Waals surface area (Å²) in [7, 11) is -3.96. The SMILES string of the molecule is C=CC(=O)OCCC[Si](C)(F)F. The second-order valence-electron chi connectivity index (χ2n) is 2.55. The fourth-order valence-corrected chi connectivity index (χ4v) is 1.38. The van der Waals surface area contributed by atoms with Crippen LogP contribution in [0.15, 0.2) is 12.7 Å². The third-order valence-corrected chi connectivity index (χ3v) is 2.40. The lowest BCUT2D eigenvalue weighted by Crippen LogP contribution is -2.16. The molecule has 0 aliphatic heterocycles. The number of hydrogen-bond donors (Lipinski definition) is 0. The molecule has 0 aromatic heterocycles. The average Bonchev–Trinajstić information content (AvgIpc) is 1.96. The first kappa shape index (κ1) is 11.3. The lowest BCUT2D eigenvalue weighted by molar-refractivity contribution is -0.137. The van der Waals surface area contributed by atoms with E-state index in [1.807, 2.05) is 0 Å². The lowest BCUT2D eigenvalue weighted by atomic mass is 10.5. The van der Waals surface area contributed by atoms with Crippen molar-refractivity contribution in [1.82, 2.24) is 0 Å². The third kappa shape index (κ3) is 7.39. The summed E-state index contributed by atoms with van der Waals surface area (Å²) in [4.78, 5) is 10.4. The second-order valence-corrected chi connectivity index (χ2v) is 5.19. The Hall–Kier alpha value is -0.713. The van der Waals surface area contributed by atoms with Crippen molar-refractivity contribution in [2.75, 3.05) is 6.61 Å². The van der Waals surface area contributed by atoms with Crippen molar-refractivity contribution in [2.45, 2.75) is 19.0 Å². The van der Waals surface area contributed by atoms with Crippen LogP contribution in [0.3, 0.4) is 0 Å². The summed E-state index contributed by atoms with van der Waals surface area (Å²) in [5.74, 6) is -0.559. The van der Waals surface area contributed by atoms with E-state index < -0.39 is 14.7 Å². The van der Waals surface area contributed by atoms with Crippen molar-refractivity contribution >= 4 is 14.7 Å². The Morgan fingerprint density at radius 2 is 2.25 bits per heavy atom. The molecule has 0 radical (unpaired) electrons. The summed E-state index contributed by atoms with van der Waals surface area (Å²) in [6, 6.07) is -0.128. The highest BCUT2D eigenvalue weighted by Crippen LogP contribution is 2.14. The molecule has 0 saturated carbocycles. The lowest BCUT2D eigenvalue weighted by Gasteiger charge is -2.05. The predicted octanol–water partition coefficient (Wildman–Crippen LogP) is 2.12. The van der Waals surface area contributed by atoms with Crippen LogP contribution in [0.2, 0.25) is 12.6 Å². The minimum absolute atomic E-state index is 0.0568. The maximum atomic E-state index is 12.3. The van der Waals surface area contributed by atoms with Gasteiger partial charge in [-0.15, -0.1) is 0 Å². The molecule has 0 fully saturated rings. The molecule has 2 nitrogen and oxygen atoms in total. The summed E-state index contributed by atoms with van der Waals surface area (Å²) in [6.07, 6.45) is 1.25. The van der Waals surface area contributed by atoms with Gasteiger partial charge in [0, 0.05) is 12.1 Å². The van der Waals surface area contributed by atoms with Crippen LogP contribution >= 0.6 is 0 Å². The van der Waals surface area contributed by atoms with Gasteiger partial charge in [0.15, 0.2) is 0 Å². The Morgan fingerprint density at radius 1 is 1.67 bits per heavy atom. The van der Waals surface area contributed by atoms with E-state index in [4.69, 9.17) is 0 Å². The Bertz CT molecular complexity index is 165. The summed E-state index contributed by atoms with van der Waals surface area (Å²) in [5, 5.41) is 0. The van der Waals surface area contributed by atoms with Gasteiger partial charge in [-0.05, 0) is 13.0 Å². The number of esters is 1. The van der Waals surface area contributed by atoms with Gasteiger partial charge in [-0.25, -0.2) is 4.79 Å². The predicted molar refractivity (Wildman–Crippen MR) is 44.4 cm³/mol. The molecule has 0 bridgehead atoms. The molecular weight excluding hydrogens is 182 g/mol. The van der Waals surface area contributed by atoms with E-state index in [9.17, 15) is 13.0 Å². The fraction of sp³-hybridized carbons (Fsp3) is 0.571. The molecule has 0 saturated heterocycles. The number of carbonyl (C=O) groups excluding carboxylic acids is 1. The number of carbonyl (C=O) groups is 1. The van der Waals surface area contributed by atoms with Crippen LogP contribution in [-0.2, 0) is 9.53 Å². The summed E-state index contributed by atoms with van der Waals surface area (Å²) in [5.41, 5.74) is 0. The molecular formula is C7H12F2O2Si. The van der Waals surface area contributed by atoms with E-state index >= 15 is 0 Å². The number of halogens is 2. The first-order valence-electron chi connectivity index (χ1n) is 3.63. The van der Waals surface area contributed by atoms with Crippen LogP contribution < -0.4 is 0 Å². The summed E-state index contributed by atoms with van der Waals surface area (Å²) in [6.45, 7) is 4.21. The van der Waals surface area contributed by atoms with E-state index in [-0.39, 0.29) is 19.1 Å². The molecule has 0 rings (SSSR count). The minimum atomic E-state index is -3.96. The topological polar surface area (TPSA) is 26.3 Å². The van der Waals surface area contributed by atoms with Crippen LogP contribution in [0.4, 0.5) is 8.22 Å². The van der Waals surface area contributed by atoms with Crippen LogP contribution in [0.25, 0.3) is 0 Å². The Labute approximate surface area is 71.6 Å². The van der Waals surface area contributed by atoms with Crippen LogP contribution in [0.1, 0.15) is 6.42 Å². The van der Waals surface area contributed by atoms with Gasteiger partial charge >= 0.3 is 14.7 Å². The standard InChI is InChI=1S/C7H12F2O2Si/c1-3-7(10)11-5-4-6-12(2,8)9/h3H,1,4-6H2,2H3. The normalized spacial score (nSPS) is 10.9.